The van der Waals surface area contributed by atoms with Gasteiger partial charge < -0.3 is 43.7 Å². The first-order valence-electron chi connectivity index (χ1n) is 16.8. The molecule has 3 aromatic carbocycles. The van der Waals surface area contributed by atoms with Gasteiger partial charge in [0.15, 0.2) is 0 Å². The third-order valence-corrected chi connectivity index (χ3v) is 9.27. The van der Waals surface area contributed by atoms with Crippen LogP contribution in [0.3, 0.4) is 0 Å². The molecular weight excluding hydrogens is 612 g/mol. The summed E-state index contributed by atoms with van der Waals surface area (Å²) in [4.78, 5) is 15.6. The summed E-state index contributed by atoms with van der Waals surface area (Å²) >= 11 is 0. The van der Waals surface area contributed by atoms with E-state index in [1.807, 2.05) is 48.5 Å². The number of aliphatic hydroxyl groups is 1. The standard InChI is InChI=1S/C38H50N2O8/c1-38(2)26-39(17-7-18-44-3)32-21-27(11-16-31(32)38)24-48-35-23-40(37(42)43)22-33(41)36(35)28-12-14-30(15-13-28)47-20-8-19-46-25-29-9-5-6-10-34(29)45-4/h5-6,9-16,21,33,35-36,41H,7-8,17-20,22-26H2,1-4H3,(H,42,43)/t33-,35+,36+/m1/s1. The molecule has 0 aromatic heterocycles. The van der Waals surface area contributed by atoms with Gasteiger partial charge in [-0.25, -0.2) is 4.79 Å². The monoisotopic (exact) mass is 662 g/mol. The number of hydrogen-bond donors (Lipinski definition) is 2. The summed E-state index contributed by atoms with van der Waals surface area (Å²) in [5.74, 6) is 1.14. The van der Waals surface area contributed by atoms with Crippen molar-refractivity contribution in [2.24, 2.45) is 0 Å². The number of benzene rings is 3. The number of likely N-dealkylation sites (tertiary alicyclic amines) is 1. The van der Waals surface area contributed by atoms with E-state index in [-0.39, 0.29) is 18.5 Å². The van der Waals surface area contributed by atoms with Crippen LogP contribution in [0.25, 0.3) is 0 Å². The fraction of sp³-hybridized carbons (Fsp3) is 0.500. The summed E-state index contributed by atoms with van der Waals surface area (Å²) in [7, 11) is 3.38. The molecular formula is C38H50N2O8. The van der Waals surface area contributed by atoms with Gasteiger partial charge in [0.2, 0.25) is 0 Å². The fourth-order valence-electron chi connectivity index (χ4n) is 6.83. The van der Waals surface area contributed by atoms with E-state index >= 15 is 0 Å². The average molecular weight is 663 g/mol. The molecule has 10 nitrogen and oxygen atoms in total. The van der Waals surface area contributed by atoms with Crippen molar-refractivity contribution in [1.29, 1.82) is 0 Å². The third-order valence-electron chi connectivity index (χ3n) is 9.27. The number of amides is 1. The minimum atomic E-state index is -1.07. The summed E-state index contributed by atoms with van der Waals surface area (Å²) in [6.07, 6.45) is -0.834. The number of anilines is 1. The molecule has 1 saturated heterocycles. The minimum absolute atomic E-state index is 0.0251. The lowest BCUT2D eigenvalue weighted by atomic mass is 9.84. The van der Waals surface area contributed by atoms with Crippen molar-refractivity contribution in [3.05, 3.63) is 89.0 Å². The zero-order valence-electron chi connectivity index (χ0n) is 28.6. The van der Waals surface area contributed by atoms with Gasteiger partial charge in [0.1, 0.15) is 11.5 Å². The highest BCUT2D eigenvalue weighted by Gasteiger charge is 2.40. The van der Waals surface area contributed by atoms with E-state index in [0.29, 0.717) is 33.0 Å². The number of hydrogen-bond acceptors (Lipinski definition) is 8. The normalized spacial score (nSPS) is 20.1. The van der Waals surface area contributed by atoms with Crippen molar-refractivity contribution in [1.82, 2.24) is 4.90 Å². The fourth-order valence-corrected chi connectivity index (χ4v) is 6.83. The molecule has 0 bridgehead atoms. The number of rotatable bonds is 16. The second kappa shape index (κ2) is 16.5. The molecule has 1 amide bonds. The number of β-amino-alcohol motifs (C(OH)–C–C–N with tert-alkyl or cyclic N) is 1. The molecule has 0 unspecified atom stereocenters. The van der Waals surface area contributed by atoms with Crippen LogP contribution in [0.4, 0.5) is 10.5 Å². The van der Waals surface area contributed by atoms with E-state index in [0.717, 1.165) is 54.1 Å². The summed E-state index contributed by atoms with van der Waals surface area (Å²) in [6, 6.07) is 21.9. The quantitative estimate of drug-likeness (QED) is 0.183. The van der Waals surface area contributed by atoms with Crippen molar-refractivity contribution >= 4 is 11.8 Å². The van der Waals surface area contributed by atoms with Crippen LogP contribution < -0.4 is 14.4 Å². The number of fused-ring (bicyclic) bond motifs is 1. The summed E-state index contributed by atoms with van der Waals surface area (Å²) in [6.45, 7) is 9.14. The van der Waals surface area contributed by atoms with Gasteiger partial charge in [-0.15, -0.1) is 0 Å². The molecule has 1 fully saturated rings. The number of methoxy groups -OCH3 is 2. The Balaban J connectivity index is 1.18. The van der Waals surface area contributed by atoms with Gasteiger partial charge in [0, 0.05) is 55.8 Å². The van der Waals surface area contributed by atoms with E-state index in [4.69, 9.17) is 23.7 Å². The Morgan fingerprint density at radius 1 is 0.938 bits per heavy atom. The maximum Gasteiger partial charge on any atom is 0.407 e. The van der Waals surface area contributed by atoms with Gasteiger partial charge in [-0.05, 0) is 47.4 Å². The van der Waals surface area contributed by atoms with Crippen LogP contribution in [0.5, 0.6) is 11.5 Å². The smallest absolute Gasteiger partial charge is 0.407 e. The highest BCUT2D eigenvalue weighted by Crippen LogP contribution is 2.41. The Morgan fingerprint density at radius 3 is 2.48 bits per heavy atom. The number of nitrogens with zero attached hydrogens (tertiary/aromatic N) is 2. The van der Waals surface area contributed by atoms with E-state index in [2.05, 4.69) is 36.9 Å². The first-order chi connectivity index (χ1) is 23.2. The lowest BCUT2D eigenvalue weighted by Gasteiger charge is -2.40. The highest BCUT2D eigenvalue weighted by molar-refractivity contribution is 5.65. The number of aliphatic hydroxyl groups excluding tert-OH is 1. The molecule has 2 heterocycles. The first kappa shape index (κ1) is 35.5. The Labute approximate surface area is 284 Å². The van der Waals surface area contributed by atoms with E-state index in [1.165, 1.54) is 16.2 Å². The van der Waals surface area contributed by atoms with Gasteiger partial charge in [0.25, 0.3) is 0 Å². The second-order valence-corrected chi connectivity index (χ2v) is 13.3. The summed E-state index contributed by atoms with van der Waals surface area (Å²) < 4.78 is 28.9. The van der Waals surface area contributed by atoms with Crippen LogP contribution in [-0.2, 0) is 32.8 Å². The van der Waals surface area contributed by atoms with Gasteiger partial charge >= 0.3 is 6.09 Å². The minimum Gasteiger partial charge on any atom is -0.496 e. The molecule has 0 spiro atoms. The van der Waals surface area contributed by atoms with Gasteiger partial charge in [-0.1, -0.05) is 56.3 Å². The molecule has 5 rings (SSSR count). The Bertz CT molecular complexity index is 1480. The van der Waals surface area contributed by atoms with Gasteiger partial charge in [-0.2, -0.15) is 0 Å². The lowest BCUT2D eigenvalue weighted by molar-refractivity contribution is -0.0660. The average Bonchev–Trinajstić information content (AvgIpc) is 3.34. The number of piperidine rings is 1. The molecule has 2 N–H and O–H groups in total. The Morgan fingerprint density at radius 2 is 1.73 bits per heavy atom. The Kier molecular flexibility index (Phi) is 12.2. The van der Waals surface area contributed by atoms with E-state index < -0.39 is 24.2 Å². The zero-order chi connectivity index (χ0) is 34.1. The zero-order valence-corrected chi connectivity index (χ0v) is 28.6. The van der Waals surface area contributed by atoms with Crippen LogP contribution in [0.1, 0.15) is 54.9 Å². The maximum absolute atomic E-state index is 11.9. The molecule has 2 aliphatic heterocycles. The Hall–Kier alpha value is -3.83. The SMILES string of the molecule is COCCCN1CC(C)(C)c2ccc(CO[C@H]3CN(C(=O)O)C[C@@H](O)[C@@H]3c3ccc(OCCCOCc4ccccc4OC)cc3)cc21. The predicted molar refractivity (Wildman–Crippen MR) is 184 cm³/mol. The van der Waals surface area contributed by atoms with E-state index in [1.54, 1.807) is 14.2 Å². The predicted octanol–water partition coefficient (Wildman–Crippen LogP) is 5.84. The first-order valence-corrected chi connectivity index (χ1v) is 16.8. The van der Waals surface area contributed by atoms with Crippen molar-refractivity contribution in [2.45, 2.75) is 63.4 Å². The van der Waals surface area contributed by atoms with Crippen LogP contribution >= 0.6 is 0 Å². The number of carboxylic acid groups (broad SMARTS) is 1. The van der Waals surface area contributed by atoms with Crippen LogP contribution in [-0.4, -0.2) is 93.6 Å². The second-order valence-electron chi connectivity index (χ2n) is 13.3. The lowest BCUT2D eigenvalue weighted by Crippen LogP contribution is -2.53. The van der Waals surface area contributed by atoms with Gasteiger partial charge in [0.05, 0.1) is 58.8 Å². The van der Waals surface area contributed by atoms with E-state index in [9.17, 15) is 15.0 Å². The molecule has 0 radical (unpaired) electrons. The third kappa shape index (κ3) is 8.79. The summed E-state index contributed by atoms with van der Waals surface area (Å²) in [5, 5.41) is 20.9. The molecule has 2 aliphatic rings. The van der Waals surface area contributed by atoms with Crippen molar-refractivity contribution in [3.63, 3.8) is 0 Å². The number of para-hydroxylation sites is 1. The van der Waals surface area contributed by atoms with Crippen molar-refractivity contribution in [3.8, 4) is 11.5 Å². The van der Waals surface area contributed by atoms with Crippen LogP contribution in [0.15, 0.2) is 66.7 Å². The highest BCUT2D eigenvalue weighted by atomic mass is 16.5. The molecule has 48 heavy (non-hydrogen) atoms. The summed E-state index contributed by atoms with van der Waals surface area (Å²) in [5.41, 5.74) is 5.47. The molecule has 0 saturated carbocycles. The largest absolute Gasteiger partial charge is 0.496 e. The molecule has 3 aromatic rings. The topological polar surface area (TPSA) is 110 Å². The molecule has 10 heteroatoms. The number of carbonyl (C=O) groups is 1. The van der Waals surface area contributed by atoms with Crippen molar-refractivity contribution in [2.75, 3.05) is 65.1 Å². The number of ether oxygens (including phenoxy) is 5. The molecule has 0 aliphatic carbocycles. The molecule has 3 atom stereocenters. The van der Waals surface area contributed by atoms with Gasteiger partial charge in [-0.3, -0.25) is 0 Å². The van der Waals surface area contributed by atoms with Crippen LogP contribution in [0, 0.1) is 0 Å². The van der Waals surface area contributed by atoms with Crippen molar-refractivity contribution < 1.29 is 38.7 Å². The molecule has 260 valence electrons. The maximum atomic E-state index is 11.9. The van der Waals surface area contributed by atoms with Crippen LogP contribution in [0.2, 0.25) is 0 Å².